The van der Waals surface area contributed by atoms with Crippen molar-refractivity contribution in [1.82, 2.24) is 15.5 Å². The van der Waals surface area contributed by atoms with Gasteiger partial charge >= 0.3 is 0 Å². The molecule has 3 aromatic rings. The van der Waals surface area contributed by atoms with Gasteiger partial charge < -0.3 is 35.5 Å². The Hall–Kier alpha value is -4.33. The van der Waals surface area contributed by atoms with E-state index in [2.05, 4.69) is 24.5 Å². The molecule has 2 aliphatic heterocycles. The van der Waals surface area contributed by atoms with Gasteiger partial charge in [-0.15, -0.1) is 11.3 Å². The molecule has 1 aromatic heterocycles. The smallest absolute Gasteiger partial charge is 0.251 e. The molecule has 2 saturated heterocycles. The molecular weight excluding hydrogens is 589 g/mol. The van der Waals surface area contributed by atoms with Crippen LogP contribution in [0.4, 0.5) is 4.39 Å². The molecule has 2 fully saturated rings. The van der Waals surface area contributed by atoms with E-state index in [1.807, 2.05) is 0 Å². The van der Waals surface area contributed by atoms with Crippen molar-refractivity contribution in [2.45, 2.75) is 45.1 Å². The third kappa shape index (κ3) is 8.40. The van der Waals surface area contributed by atoms with Gasteiger partial charge in [0.2, 0.25) is 11.8 Å². The number of halogens is 1. The van der Waals surface area contributed by atoms with Crippen LogP contribution >= 0.6 is 11.3 Å². The molecular formula is C31H36FN5O6S. The maximum atomic E-state index is 13.2. The number of thiophene rings is 1. The first kappa shape index (κ1) is 32.6. The molecule has 2 aromatic carbocycles. The van der Waals surface area contributed by atoms with Crippen LogP contribution in [-0.2, 0) is 25.6 Å². The summed E-state index contributed by atoms with van der Waals surface area (Å²) in [6, 6.07) is 14.5. The van der Waals surface area contributed by atoms with Crippen LogP contribution in [0.5, 0.6) is 11.5 Å². The molecule has 11 nitrogen and oxygen atoms in total. The number of nitrogens with one attached hydrogen (secondary N) is 3. The van der Waals surface area contributed by atoms with Crippen LogP contribution in [0.2, 0.25) is 0 Å². The third-order valence-corrected chi connectivity index (χ3v) is 7.78. The monoisotopic (exact) mass is 625 g/mol. The number of rotatable bonds is 9. The van der Waals surface area contributed by atoms with Crippen LogP contribution in [0.15, 0.2) is 60.7 Å². The topological polar surface area (TPSA) is 156 Å². The number of amides is 3. The van der Waals surface area contributed by atoms with E-state index in [0.29, 0.717) is 35.2 Å². The van der Waals surface area contributed by atoms with Crippen LogP contribution < -0.4 is 21.1 Å². The number of hydrogen-bond donors (Lipinski definition) is 4. The Balaban J connectivity index is 0.00000141. The first-order chi connectivity index (χ1) is 21.1. The standard InChI is InChI=1S/C28H28FN5O6S.C3H8/c29-18-3-7-20(8-4-18)40-19-5-1-17(2-6-19)26(36)33-15-24(35)34-16-28(38-11-12-39-28)13-22(34)27(37)32-14-21-9-10-23(41-21)25(30)31;1-3-2/h1-10,22H,11-16H2,(H3,30,31)(H,32,37)(H,33,36);3H2,1-2H3. The number of nitrogen functional groups attached to an aromatic ring is 1. The second-order valence-corrected chi connectivity index (χ2v) is 11.4. The zero-order valence-electron chi connectivity index (χ0n) is 24.6. The molecule has 3 heterocycles. The van der Waals surface area contributed by atoms with Gasteiger partial charge in [-0.05, 0) is 60.7 Å². The number of ether oxygens (including phenoxy) is 3. The van der Waals surface area contributed by atoms with Crippen LogP contribution in [0.3, 0.4) is 0 Å². The predicted molar refractivity (Wildman–Crippen MR) is 163 cm³/mol. The van der Waals surface area contributed by atoms with Crippen molar-refractivity contribution in [1.29, 1.82) is 5.41 Å². The maximum absolute atomic E-state index is 13.2. The van der Waals surface area contributed by atoms with Crippen molar-refractivity contribution in [3.8, 4) is 11.5 Å². The fourth-order valence-electron chi connectivity index (χ4n) is 4.62. The molecule has 44 heavy (non-hydrogen) atoms. The van der Waals surface area contributed by atoms with E-state index in [1.165, 1.54) is 46.9 Å². The molecule has 2 aliphatic rings. The second-order valence-electron chi connectivity index (χ2n) is 10.2. The van der Waals surface area contributed by atoms with E-state index >= 15 is 0 Å². The molecule has 13 heteroatoms. The molecule has 3 amide bonds. The Morgan fingerprint density at radius 1 is 1.02 bits per heavy atom. The van der Waals surface area contributed by atoms with E-state index in [4.69, 9.17) is 25.4 Å². The summed E-state index contributed by atoms with van der Waals surface area (Å²) < 4.78 is 30.2. The lowest BCUT2D eigenvalue weighted by Gasteiger charge is -2.24. The molecule has 5 rings (SSSR count). The van der Waals surface area contributed by atoms with Gasteiger partial charge in [0.05, 0.1) is 37.7 Å². The van der Waals surface area contributed by atoms with Crippen molar-refractivity contribution >= 4 is 34.9 Å². The van der Waals surface area contributed by atoms with E-state index in [9.17, 15) is 18.8 Å². The Morgan fingerprint density at radius 3 is 2.23 bits per heavy atom. The lowest BCUT2D eigenvalue weighted by molar-refractivity contribution is -0.152. The fraction of sp³-hybridized carbons (Fsp3) is 0.355. The van der Waals surface area contributed by atoms with Crippen LogP contribution in [0.1, 0.15) is 46.8 Å². The van der Waals surface area contributed by atoms with Crippen molar-refractivity contribution in [3.63, 3.8) is 0 Å². The minimum Gasteiger partial charge on any atom is -0.457 e. The summed E-state index contributed by atoms with van der Waals surface area (Å²) in [5.74, 6) is -1.90. The second kappa shape index (κ2) is 14.9. The number of carbonyl (C=O) groups excluding carboxylic acids is 3. The molecule has 0 radical (unpaired) electrons. The molecule has 0 aliphatic carbocycles. The van der Waals surface area contributed by atoms with Gasteiger partial charge in [-0.25, -0.2) is 4.39 Å². The Kier molecular flexibility index (Phi) is 11.0. The average molecular weight is 626 g/mol. The van der Waals surface area contributed by atoms with E-state index in [1.54, 1.807) is 36.4 Å². The normalized spacial score (nSPS) is 16.6. The lowest BCUT2D eigenvalue weighted by Crippen LogP contribution is -2.49. The molecule has 0 bridgehead atoms. The van der Waals surface area contributed by atoms with Crippen molar-refractivity contribution in [3.05, 3.63) is 81.8 Å². The number of benzene rings is 2. The quantitative estimate of drug-likeness (QED) is 0.208. The van der Waals surface area contributed by atoms with Crippen molar-refractivity contribution in [2.75, 3.05) is 26.3 Å². The van der Waals surface area contributed by atoms with Gasteiger partial charge in [-0.3, -0.25) is 19.8 Å². The summed E-state index contributed by atoms with van der Waals surface area (Å²) in [5.41, 5.74) is 5.82. The summed E-state index contributed by atoms with van der Waals surface area (Å²) in [4.78, 5) is 41.9. The number of nitrogens with two attached hydrogens (primary N) is 1. The number of carbonyl (C=O) groups is 3. The zero-order chi connectivity index (χ0) is 31.7. The zero-order valence-corrected chi connectivity index (χ0v) is 25.4. The van der Waals surface area contributed by atoms with Crippen LogP contribution in [0, 0.1) is 11.2 Å². The SMILES string of the molecule is CCC.N=C(N)c1ccc(CNC(=O)C2CC3(CN2C(=O)CNC(=O)c2ccc(Oc4ccc(F)cc4)cc2)OCCO3)s1. The van der Waals surface area contributed by atoms with Crippen molar-refractivity contribution in [2.24, 2.45) is 5.73 Å². The lowest BCUT2D eigenvalue weighted by atomic mass is 10.1. The van der Waals surface area contributed by atoms with E-state index < -0.39 is 23.6 Å². The van der Waals surface area contributed by atoms with Gasteiger partial charge in [0.15, 0.2) is 5.79 Å². The average Bonchev–Trinajstić information content (AvgIpc) is 3.77. The summed E-state index contributed by atoms with van der Waals surface area (Å²) in [5, 5.41) is 13.0. The van der Waals surface area contributed by atoms with Gasteiger partial charge in [-0.2, -0.15) is 0 Å². The summed E-state index contributed by atoms with van der Waals surface area (Å²) >= 11 is 1.30. The highest BCUT2D eigenvalue weighted by molar-refractivity contribution is 7.14. The van der Waals surface area contributed by atoms with Crippen LogP contribution in [0.25, 0.3) is 0 Å². The number of nitrogens with zero attached hydrogens (tertiary/aromatic N) is 1. The van der Waals surface area contributed by atoms with E-state index in [-0.39, 0.29) is 43.6 Å². The summed E-state index contributed by atoms with van der Waals surface area (Å²) in [7, 11) is 0. The Bertz CT molecular complexity index is 1460. The van der Waals surface area contributed by atoms with Gasteiger partial charge in [0.25, 0.3) is 5.91 Å². The Labute approximate surface area is 259 Å². The minimum atomic E-state index is -1.06. The molecule has 1 unspecified atom stereocenters. The molecule has 1 atom stereocenters. The first-order valence-corrected chi connectivity index (χ1v) is 15.0. The van der Waals surface area contributed by atoms with Crippen LogP contribution in [-0.4, -0.2) is 66.6 Å². The molecule has 5 N–H and O–H groups in total. The molecule has 1 spiro atoms. The predicted octanol–water partition coefficient (Wildman–Crippen LogP) is 3.77. The molecule has 0 saturated carbocycles. The highest BCUT2D eigenvalue weighted by Gasteiger charge is 2.52. The van der Waals surface area contributed by atoms with Crippen molar-refractivity contribution < 1.29 is 33.0 Å². The highest BCUT2D eigenvalue weighted by Crippen LogP contribution is 2.35. The minimum absolute atomic E-state index is 0.0473. The summed E-state index contributed by atoms with van der Waals surface area (Å²) in [6.45, 7) is 4.90. The highest BCUT2D eigenvalue weighted by atomic mass is 32.1. The van der Waals surface area contributed by atoms with E-state index in [0.717, 1.165) is 4.88 Å². The van der Waals surface area contributed by atoms with Gasteiger partial charge in [0.1, 0.15) is 29.2 Å². The Morgan fingerprint density at radius 2 is 1.64 bits per heavy atom. The first-order valence-electron chi connectivity index (χ1n) is 14.2. The fourth-order valence-corrected chi connectivity index (χ4v) is 5.43. The van der Waals surface area contributed by atoms with Gasteiger partial charge in [0, 0.05) is 16.9 Å². The number of hydrogen-bond acceptors (Lipinski definition) is 8. The largest absolute Gasteiger partial charge is 0.457 e. The third-order valence-electron chi connectivity index (χ3n) is 6.66. The van der Waals surface area contributed by atoms with Gasteiger partial charge in [-0.1, -0.05) is 20.3 Å². The number of likely N-dealkylation sites (tertiary alicyclic amines) is 1. The number of amidine groups is 1. The molecule has 234 valence electrons. The summed E-state index contributed by atoms with van der Waals surface area (Å²) in [6.07, 6.45) is 1.41. The maximum Gasteiger partial charge on any atom is 0.251 e.